The molecule has 0 atom stereocenters. The maximum absolute atomic E-state index is 12.8. The Morgan fingerprint density at radius 2 is 1.22 bits per heavy atom. The fraction of sp³-hybridized carbons (Fsp3) is 0.500. The first-order valence-electron chi connectivity index (χ1n) is 12.8. The monoisotopic (exact) mass is 433 g/mol. The van der Waals surface area contributed by atoms with E-state index in [9.17, 15) is 4.79 Å². The molecule has 0 amide bonds. The summed E-state index contributed by atoms with van der Waals surface area (Å²) >= 11 is 0. The van der Waals surface area contributed by atoms with Crippen molar-refractivity contribution < 1.29 is 4.79 Å². The van der Waals surface area contributed by atoms with Crippen LogP contribution in [0.25, 0.3) is 0 Å². The van der Waals surface area contributed by atoms with Gasteiger partial charge in [0.05, 0.1) is 0 Å². The SMILES string of the molecule is C=C(CCCCCCC)N(CCCCCCCC)c1ccc(C(=O)c2ccccc2)cc1. The maximum Gasteiger partial charge on any atom is 0.193 e. The molecule has 0 aliphatic rings. The predicted octanol–water partition coefficient (Wildman–Crippen LogP) is 8.96. The molecule has 0 aromatic heterocycles. The average molecular weight is 434 g/mol. The zero-order valence-corrected chi connectivity index (χ0v) is 20.5. The largest absolute Gasteiger partial charge is 0.346 e. The van der Waals surface area contributed by atoms with E-state index in [-0.39, 0.29) is 5.78 Å². The zero-order chi connectivity index (χ0) is 23.0. The second kappa shape index (κ2) is 15.5. The summed E-state index contributed by atoms with van der Waals surface area (Å²) in [5.41, 5.74) is 3.84. The molecular weight excluding hydrogens is 390 g/mol. The summed E-state index contributed by atoms with van der Waals surface area (Å²) in [5.74, 6) is 0.0781. The number of carbonyl (C=O) groups is 1. The van der Waals surface area contributed by atoms with E-state index < -0.39 is 0 Å². The van der Waals surface area contributed by atoms with Crippen molar-refractivity contribution >= 4 is 11.5 Å². The Labute approximate surface area is 196 Å². The third-order valence-electron chi connectivity index (χ3n) is 6.16. The first kappa shape index (κ1) is 25.9. The Kier molecular flexibility index (Phi) is 12.5. The van der Waals surface area contributed by atoms with E-state index in [1.165, 1.54) is 76.3 Å². The van der Waals surface area contributed by atoms with Crippen molar-refractivity contribution in [2.24, 2.45) is 0 Å². The minimum Gasteiger partial charge on any atom is -0.346 e. The van der Waals surface area contributed by atoms with Gasteiger partial charge in [0.2, 0.25) is 0 Å². The lowest BCUT2D eigenvalue weighted by molar-refractivity contribution is 0.103. The van der Waals surface area contributed by atoms with Crippen LogP contribution in [0.3, 0.4) is 0 Å². The number of nitrogens with zero attached hydrogens (tertiary/aromatic N) is 1. The van der Waals surface area contributed by atoms with Crippen LogP contribution >= 0.6 is 0 Å². The van der Waals surface area contributed by atoms with Gasteiger partial charge in [0.1, 0.15) is 0 Å². The summed E-state index contributed by atoms with van der Waals surface area (Å²) in [5, 5.41) is 0. The molecule has 0 N–H and O–H groups in total. The summed E-state index contributed by atoms with van der Waals surface area (Å²) in [6.07, 6.45) is 15.2. The van der Waals surface area contributed by atoms with Gasteiger partial charge in [-0.1, -0.05) is 109 Å². The van der Waals surface area contributed by atoms with Crippen molar-refractivity contribution in [3.05, 3.63) is 78.0 Å². The van der Waals surface area contributed by atoms with Crippen molar-refractivity contribution in [3.8, 4) is 0 Å². The van der Waals surface area contributed by atoms with E-state index in [0.717, 1.165) is 29.8 Å². The van der Waals surface area contributed by atoms with Gasteiger partial charge in [-0.3, -0.25) is 4.79 Å². The van der Waals surface area contributed by atoms with Crippen molar-refractivity contribution in [2.75, 3.05) is 11.4 Å². The van der Waals surface area contributed by atoms with E-state index in [4.69, 9.17) is 0 Å². The highest BCUT2D eigenvalue weighted by molar-refractivity contribution is 6.09. The van der Waals surface area contributed by atoms with Gasteiger partial charge in [0.15, 0.2) is 5.78 Å². The van der Waals surface area contributed by atoms with Crippen LogP contribution in [0, 0.1) is 0 Å². The molecule has 0 aliphatic carbocycles. The molecule has 0 saturated heterocycles. The van der Waals surface area contributed by atoms with Gasteiger partial charge in [-0.2, -0.15) is 0 Å². The van der Waals surface area contributed by atoms with Crippen molar-refractivity contribution in [3.63, 3.8) is 0 Å². The predicted molar refractivity (Wildman–Crippen MR) is 140 cm³/mol. The lowest BCUT2D eigenvalue weighted by Crippen LogP contribution is -2.23. The lowest BCUT2D eigenvalue weighted by atomic mass is 10.0. The molecule has 32 heavy (non-hydrogen) atoms. The van der Waals surface area contributed by atoms with Gasteiger partial charge in [0, 0.05) is 29.1 Å². The van der Waals surface area contributed by atoms with E-state index in [0.29, 0.717) is 0 Å². The fourth-order valence-electron chi connectivity index (χ4n) is 4.14. The number of benzene rings is 2. The van der Waals surface area contributed by atoms with Crippen LogP contribution in [0.2, 0.25) is 0 Å². The first-order chi connectivity index (χ1) is 15.7. The Hall–Kier alpha value is -2.35. The molecule has 2 aromatic carbocycles. The normalized spacial score (nSPS) is 10.8. The first-order valence-corrected chi connectivity index (χ1v) is 12.8. The molecule has 0 bridgehead atoms. The van der Waals surface area contributed by atoms with Crippen LogP contribution in [0.5, 0.6) is 0 Å². The number of hydrogen-bond donors (Lipinski definition) is 0. The minimum atomic E-state index is 0.0781. The van der Waals surface area contributed by atoms with Crippen LogP contribution in [0.1, 0.15) is 107 Å². The smallest absolute Gasteiger partial charge is 0.193 e. The van der Waals surface area contributed by atoms with Crippen LogP contribution in [0.4, 0.5) is 5.69 Å². The molecule has 2 heteroatoms. The summed E-state index contributed by atoms with van der Waals surface area (Å²) in [4.78, 5) is 15.1. The van der Waals surface area contributed by atoms with Crippen molar-refractivity contribution in [1.82, 2.24) is 0 Å². The highest BCUT2D eigenvalue weighted by Crippen LogP contribution is 2.24. The van der Waals surface area contributed by atoms with Gasteiger partial charge in [-0.05, 0) is 43.5 Å². The average Bonchev–Trinajstić information content (AvgIpc) is 2.83. The van der Waals surface area contributed by atoms with Gasteiger partial charge >= 0.3 is 0 Å². The van der Waals surface area contributed by atoms with E-state index in [2.05, 4.69) is 37.5 Å². The Morgan fingerprint density at radius 1 is 0.688 bits per heavy atom. The Balaban J connectivity index is 2.01. The zero-order valence-electron chi connectivity index (χ0n) is 20.5. The second-order valence-corrected chi connectivity index (χ2v) is 8.89. The number of allylic oxidation sites excluding steroid dienone is 1. The van der Waals surface area contributed by atoms with Gasteiger partial charge < -0.3 is 4.90 Å². The topological polar surface area (TPSA) is 20.3 Å². The van der Waals surface area contributed by atoms with Crippen LogP contribution in [-0.4, -0.2) is 12.3 Å². The number of unbranched alkanes of at least 4 members (excludes halogenated alkanes) is 9. The summed E-state index contributed by atoms with van der Waals surface area (Å²) in [6.45, 7) is 9.97. The molecule has 0 spiro atoms. The van der Waals surface area contributed by atoms with Gasteiger partial charge in [0.25, 0.3) is 0 Å². The molecule has 174 valence electrons. The second-order valence-electron chi connectivity index (χ2n) is 8.89. The quantitative estimate of drug-likeness (QED) is 0.183. The summed E-state index contributed by atoms with van der Waals surface area (Å²) in [6, 6.07) is 17.6. The number of rotatable bonds is 17. The number of hydrogen-bond acceptors (Lipinski definition) is 2. The van der Waals surface area contributed by atoms with Gasteiger partial charge in [-0.25, -0.2) is 0 Å². The summed E-state index contributed by atoms with van der Waals surface area (Å²) < 4.78 is 0. The standard InChI is InChI=1S/C30H43NO/c1-4-6-8-10-12-17-25-31(26(3)18-14-11-9-7-5-2)29-23-21-28(22-24-29)30(32)27-19-15-13-16-20-27/h13,15-16,19-24H,3-12,14,17-18,25H2,1-2H3. The molecular formula is C30H43NO. The van der Waals surface area contributed by atoms with Crippen LogP contribution in [-0.2, 0) is 0 Å². The van der Waals surface area contributed by atoms with E-state index >= 15 is 0 Å². The van der Waals surface area contributed by atoms with Crippen LogP contribution in [0.15, 0.2) is 66.9 Å². The maximum atomic E-state index is 12.8. The molecule has 0 aliphatic heterocycles. The fourth-order valence-corrected chi connectivity index (χ4v) is 4.14. The number of carbonyl (C=O) groups excluding carboxylic acids is 1. The summed E-state index contributed by atoms with van der Waals surface area (Å²) in [7, 11) is 0. The van der Waals surface area contributed by atoms with E-state index in [1.54, 1.807) is 0 Å². The van der Waals surface area contributed by atoms with Crippen molar-refractivity contribution in [2.45, 2.75) is 90.9 Å². The third kappa shape index (κ3) is 9.02. The van der Waals surface area contributed by atoms with Crippen molar-refractivity contribution in [1.29, 1.82) is 0 Å². The van der Waals surface area contributed by atoms with E-state index in [1.807, 2.05) is 42.5 Å². The number of anilines is 1. The highest BCUT2D eigenvalue weighted by atomic mass is 16.1. The molecule has 0 heterocycles. The Bertz CT molecular complexity index is 778. The molecule has 2 nitrogen and oxygen atoms in total. The minimum absolute atomic E-state index is 0.0781. The Morgan fingerprint density at radius 3 is 1.84 bits per heavy atom. The van der Waals surface area contributed by atoms with Crippen LogP contribution < -0.4 is 4.90 Å². The molecule has 0 fully saturated rings. The molecule has 0 saturated carbocycles. The molecule has 0 radical (unpaired) electrons. The molecule has 2 aromatic rings. The highest BCUT2D eigenvalue weighted by Gasteiger charge is 2.13. The number of ketones is 1. The molecule has 0 unspecified atom stereocenters. The lowest BCUT2D eigenvalue weighted by Gasteiger charge is -2.27. The third-order valence-corrected chi connectivity index (χ3v) is 6.16. The van der Waals surface area contributed by atoms with Gasteiger partial charge in [-0.15, -0.1) is 0 Å². The molecule has 2 rings (SSSR count).